The van der Waals surface area contributed by atoms with E-state index >= 15 is 0 Å². The number of hydrogen-bond donors (Lipinski definition) is 1. The Morgan fingerprint density at radius 1 is 1.07 bits per heavy atom. The summed E-state index contributed by atoms with van der Waals surface area (Å²) in [6.07, 6.45) is 3.95. The Morgan fingerprint density at radius 3 is 2.25 bits per heavy atom. The summed E-state index contributed by atoms with van der Waals surface area (Å²) in [5, 5.41) is 3.40. The van der Waals surface area contributed by atoms with Gasteiger partial charge in [0, 0.05) is 37.3 Å². The first-order chi connectivity index (χ1) is 13.1. The summed E-state index contributed by atoms with van der Waals surface area (Å²) in [7, 11) is 0. The lowest BCUT2D eigenvalue weighted by molar-refractivity contribution is 0.0690. The molecule has 1 fully saturated rings. The molecule has 0 spiro atoms. The van der Waals surface area contributed by atoms with Gasteiger partial charge in [0.15, 0.2) is 0 Å². The molecule has 1 N–H and O–H groups in total. The van der Waals surface area contributed by atoms with Crippen molar-refractivity contribution < 1.29 is 9.59 Å². The largest absolute Gasteiger partial charge is 0.339 e. The number of amides is 2. The van der Waals surface area contributed by atoms with Crippen LogP contribution >= 0.6 is 12.4 Å². The van der Waals surface area contributed by atoms with Crippen LogP contribution in [0.4, 0.5) is 0 Å². The number of nitrogens with one attached hydrogen (secondary N) is 1. The molecule has 0 aliphatic carbocycles. The summed E-state index contributed by atoms with van der Waals surface area (Å²) >= 11 is 0. The van der Waals surface area contributed by atoms with Crippen molar-refractivity contribution >= 4 is 24.2 Å². The quantitative estimate of drug-likeness (QED) is 0.674. The number of likely N-dealkylation sites (tertiary alicyclic amines) is 1. The van der Waals surface area contributed by atoms with Crippen LogP contribution in [-0.2, 0) is 0 Å². The van der Waals surface area contributed by atoms with Gasteiger partial charge in [-0.25, -0.2) is 0 Å². The SMILES string of the molecule is CCCN(CCC)C(=O)c1cccc(C(=O)N2CCC(CNCC)CC2)c1.Cl. The van der Waals surface area contributed by atoms with E-state index in [0.29, 0.717) is 17.0 Å². The first-order valence-electron chi connectivity index (χ1n) is 10.5. The van der Waals surface area contributed by atoms with E-state index in [1.807, 2.05) is 28.0 Å². The Balaban J connectivity index is 0.00000392. The van der Waals surface area contributed by atoms with E-state index in [4.69, 9.17) is 0 Å². The molecule has 1 aliphatic heterocycles. The number of carbonyl (C=O) groups excluding carboxylic acids is 2. The van der Waals surface area contributed by atoms with E-state index in [2.05, 4.69) is 26.1 Å². The van der Waals surface area contributed by atoms with Gasteiger partial charge in [0.1, 0.15) is 0 Å². The Hall–Kier alpha value is -1.59. The maximum atomic E-state index is 12.9. The maximum Gasteiger partial charge on any atom is 0.253 e. The molecule has 6 heteroatoms. The van der Waals surface area contributed by atoms with Gasteiger partial charge in [0.25, 0.3) is 11.8 Å². The predicted molar refractivity (Wildman–Crippen MR) is 117 cm³/mol. The minimum Gasteiger partial charge on any atom is -0.339 e. The fraction of sp³-hybridized carbons (Fsp3) is 0.636. The van der Waals surface area contributed by atoms with Crippen molar-refractivity contribution in [3.05, 3.63) is 35.4 Å². The zero-order valence-corrected chi connectivity index (χ0v) is 18.4. The molecule has 1 aromatic carbocycles. The van der Waals surface area contributed by atoms with Crippen molar-refractivity contribution in [3.63, 3.8) is 0 Å². The predicted octanol–water partition coefficient (Wildman–Crippen LogP) is 3.83. The van der Waals surface area contributed by atoms with Crippen molar-refractivity contribution in [2.24, 2.45) is 5.92 Å². The van der Waals surface area contributed by atoms with Gasteiger partial charge in [-0.05, 0) is 62.9 Å². The number of piperidine rings is 1. The Labute approximate surface area is 176 Å². The second-order valence-electron chi connectivity index (χ2n) is 7.42. The molecule has 0 atom stereocenters. The zero-order valence-electron chi connectivity index (χ0n) is 17.6. The van der Waals surface area contributed by atoms with Crippen LogP contribution in [0.25, 0.3) is 0 Å². The van der Waals surface area contributed by atoms with Crippen molar-refractivity contribution in [1.82, 2.24) is 15.1 Å². The summed E-state index contributed by atoms with van der Waals surface area (Å²) < 4.78 is 0. The Morgan fingerprint density at radius 2 is 1.68 bits per heavy atom. The van der Waals surface area contributed by atoms with Crippen LogP contribution in [0, 0.1) is 5.92 Å². The molecule has 2 rings (SSSR count). The summed E-state index contributed by atoms with van der Waals surface area (Å²) in [6, 6.07) is 7.25. The summed E-state index contributed by atoms with van der Waals surface area (Å²) in [5.41, 5.74) is 1.24. The van der Waals surface area contributed by atoms with Crippen LogP contribution < -0.4 is 5.32 Å². The normalized spacial score (nSPS) is 14.5. The highest BCUT2D eigenvalue weighted by atomic mass is 35.5. The van der Waals surface area contributed by atoms with Crippen LogP contribution in [0.3, 0.4) is 0 Å². The van der Waals surface area contributed by atoms with Crippen molar-refractivity contribution in [2.45, 2.75) is 46.5 Å². The van der Waals surface area contributed by atoms with E-state index in [1.165, 1.54) is 0 Å². The lowest BCUT2D eigenvalue weighted by atomic mass is 9.96. The number of halogens is 1. The molecule has 0 radical (unpaired) electrons. The van der Waals surface area contributed by atoms with Gasteiger partial charge in [-0.3, -0.25) is 9.59 Å². The first-order valence-corrected chi connectivity index (χ1v) is 10.5. The smallest absolute Gasteiger partial charge is 0.253 e. The van der Waals surface area contributed by atoms with Gasteiger partial charge in [0.05, 0.1) is 0 Å². The second-order valence-corrected chi connectivity index (χ2v) is 7.42. The third-order valence-electron chi connectivity index (χ3n) is 5.22. The highest BCUT2D eigenvalue weighted by Gasteiger charge is 2.24. The van der Waals surface area contributed by atoms with Crippen LogP contribution in [0.15, 0.2) is 24.3 Å². The van der Waals surface area contributed by atoms with E-state index in [0.717, 1.165) is 65.0 Å². The van der Waals surface area contributed by atoms with Crippen molar-refractivity contribution in [1.29, 1.82) is 0 Å². The summed E-state index contributed by atoms with van der Waals surface area (Å²) in [4.78, 5) is 29.5. The molecule has 1 saturated heterocycles. The molecule has 0 bridgehead atoms. The summed E-state index contributed by atoms with van der Waals surface area (Å²) in [5.74, 6) is 0.723. The molecule has 1 aliphatic rings. The van der Waals surface area contributed by atoms with Crippen molar-refractivity contribution in [2.75, 3.05) is 39.3 Å². The van der Waals surface area contributed by atoms with Gasteiger partial charge >= 0.3 is 0 Å². The zero-order chi connectivity index (χ0) is 19.6. The molecule has 5 nitrogen and oxygen atoms in total. The molecule has 0 saturated carbocycles. The fourth-order valence-corrected chi connectivity index (χ4v) is 3.69. The van der Waals surface area contributed by atoms with Gasteiger partial charge in [-0.1, -0.05) is 26.8 Å². The van der Waals surface area contributed by atoms with E-state index in [-0.39, 0.29) is 24.2 Å². The molecule has 2 amide bonds. The molecular formula is C22H36ClN3O2. The van der Waals surface area contributed by atoms with E-state index < -0.39 is 0 Å². The number of benzene rings is 1. The molecule has 158 valence electrons. The number of nitrogens with zero attached hydrogens (tertiary/aromatic N) is 2. The third kappa shape index (κ3) is 6.78. The number of rotatable bonds is 9. The van der Waals surface area contributed by atoms with Gasteiger partial charge in [-0.15, -0.1) is 12.4 Å². The highest BCUT2D eigenvalue weighted by molar-refractivity contribution is 5.99. The molecule has 0 aromatic heterocycles. The van der Waals surface area contributed by atoms with Crippen LogP contribution in [0.2, 0.25) is 0 Å². The topological polar surface area (TPSA) is 52.7 Å². The summed E-state index contributed by atoms with van der Waals surface area (Å²) in [6.45, 7) is 11.4. The minimum atomic E-state index is 0. The Bertz CT molecular complexity index is 610. The second kappa shape index (κ2) is 12.8. The third-order valence-corrected chi connectivity index (χ3v) is 5.22. The number of carbonyl (C=O) groups is 2. The molecule has 0 unspecified atom stereocenters. The standard InChI is InChI=1S/C22H35N3O2.ClH/c1-4-12-24(13-5-2)21(26)19-8-7-9-20(16-19)22(27)25-14-10-18(11-15-25)17-23-6-3;/h7-9,16,18,23H,4-6,10-15,17H2,1-3H3;1H. The average Bonchev–Trinajstić information content (AvgIpc) is 2.71. The minimum absolute atomic E-state index is 0. The van der Waals surface area contributed by atoms with Crippen LogP contribution in [0.1, 0.15) is 67.2 Å². The highest BCUT2D eigenvalue weighted by Crippen LogP contribution is 2.19. The van der Waals surface area contributed by atoms with Gasteiger partial charge < -0.3 is 15.1 Å². The molecule has 1 aromatic rings. The average molecular weight is 410 g/mol. The van der Waals surface area contributed by atoms with Crippen molar-refractivity contribution in [3.8, 4) is 0 Å². The maximum absolute atomic E-state index is 12.9. The van der Waals surface area contributed by atoms with Crippen LogP contribution in [-0.4, -0.2) is 60.9 Å². The monoisotopic (exact) mass is 409 g/mol. The van der Waals surface area contributed by atoms with Gasteiger partial charge in [0.2, 0.25) is 0 Å². The van der Waals surface area contributed by atoms with Crippen LogP contribution in [0.5, 0.6) is 0 Å². The van der Waals surface area contributed by atoms with E-state index in [9.17, 15) is 9.59 Å². The van der Waals surface area contributed by atoms with Gasteiger partial charge in [-0.2, -0.15) is 0 Å². The number of hydrogen-bond acceptors (Lipinski definition) is 3. The molecule has 28 heavy (non-hydrogen) atoms. The van der Waals surface area contributed by atoms with E-state index in [1.54, 1.807) is 6.07 Å². The first kappa shape index (κ1) is 24.4. The lowest BCUT2D eigenvalue weighted by Gasteiger charge is -2.32. The lowest BCUT2D eigenvalue weighted by Crippen LogP contribution is -2.40. The molecular weight excluding hydrogens is 374 g/mol. The molecule has 1 heterocycles. The fourth-order valence-electron chi connectivity index (χ4n) is 3.69. The Kier molecular flexibility index (Phi) is 11.2.